The number of urea groups is 1. The fourth-order valence-corrected chi connectivity index (χ4v) is 2.87. The number of benzene rings is 1. The second-order valence-corrected chi connectivity index (χ2v) is 5.74. The number of barbiturate groups is 1. The summed E-state index contributed by atoms with van der Waals surface area (Å²) in [6.07, 6.45) is 1.68. The van der Waals surface area contributed by atoms with E-state index in [1.165, 1.54) is 18.2 Å². The molecule has 1 saturated heterocycles. The molecule has 2 aliphatic rings. The molecule has 1 aliphatic heterocycles. The van der Waals surface area contributed by atoms with E-state index in [-0.39, 0.29) is 11.6 Å². The van der Waals surface area contributed by atoms with Gasteiger partial charge in [-0.1, -0.05) is 24.1 Å². The van der Waals surface area contributed by atoms with Crippen molar-refractivity contribution < 1.29 is 18.8 Å². The minimum absolute atomic E-state index is 0.0420. The first kappa shape index (κ1) is 14.0. The first-order chi connectivity index (χ1) is 9.94. The standard InChI is InChI=1S/C14H12ClFN2O3/c15-9-6-8(2-3-10(9)16)7-18-12(20)14(4-1-5-14)11(19)17-13(18)21/h2-3,6H,1,4-5,7H2,(H,17,19,21). The van der Waals surface area contributed by atoms with Crippen molar-refractivity contribution in [3.8, 4) is 0 Å². The van der Waals surface area contributed by atoms with Crippen LogP contribution in [0, 0.1) is 11.2 Å². The van der Waals surface area contributed by atoms with Crippen LogP contribution in [0.15, 0.2) is 18.2 Å². The van der Waals surface area contributed by atoms with E-state index in [9.17, 15) is 18.8 Å². The minimum atomic E-state index is -1.10. The lowest BCUT2D eigenvalue weighted by Crippen LogP contribution is -2.65. The van der Waals surface area contributed by atoms with Crippen LogP contribution in [0.4, 0.5) is 9.18 Å². The van der Waals surface area contributed by atoms with Gasteiger partial charge in [0.05, 0.1) is 11.6 Å². The number of rotatable bonds is 2. The van der Waals surface area contributed by atoms with Gasteiger partial charge in [0.15, 0.2) is 0 Å². The average molecular weight is 311 g/mol. The quantitative estimate of drug-likeness (QED) is 0.852. The summed E-state index contributed by atoms with van der Waals surface area (Å²) in [4.78, 5) is 37.2. The highest BCUT2D eigenvalue weighted by Crippen LogP contribution is 2.44. The zero-order chi connectivity index (χ0) is 15.2. The van der Waals surface area contributed by atoms with Crippen molar-refractivity contribution in [1.29, 1.82) is 0 Å². The Hall–Kier alpha value is -1.95. The van der Waals surface area contributed by atoms with Gasteiger partial charge in [0.1, 0.15) is 11.2 Å². The van der Waals surface area contributed by atoms with Gasteiger partial charge in [-0.15, -0.1) is 0 Å². The zero-order valence-electron chi connectivity index (χ0n) is 11.0. The van der Waals surface area contributed by atoms with Gasteiger partial charge in [0, 0.05) is 0 Å². The Kier molecular flexibility index (Phi) is 3.20. The Morgan fingerprint density at radius 2 is 2.00 bits per heavy atom. The highest BCUT2D eigenvalue weighted by Gasteiger charge is 2.57. The lowest BCUT2D eigenvalue weighted by Gasteiger charge is -2.44. The maximum absolute atomic E-state index is 13.1. The fraction of sp³-hybridized carbons (Fsp3) is 0.357. The third kappa shape index (κ3) is 2.10. The van der Waals surface area contributed by atoms with E-state index in [2.05, 4.69) is 5.32 Å². The third-order valence-electron chi connectivity index (χ3n) is 4.09. The third-order valence-corrected chi connectivity index (χ3v) is 4.38. The number of nitrogens with zero attached hydrogens (tertiary/aromatic N) is 1. The molecule has 110 valence electrons. The summed E-state index contributed by atoms with van der Waals surface area (Å²) in [6, 6.07) is 3.24. The molecule has 0 unspecified atom stereocenters. The Morgan fingerprint density at radius 3 is 2.57 bits per heavy atom. The van der Waals surface area contributed by atoms with Gasteiger partial charge in [-0.05, 0) is 30.5 Å². The largest absolute Gasteiger partial charge is 0.331 e. The van der Waals surface area contributed by atoms with E-state index in [0.29, 0.717) is 18.4 Å². The SMILES string of the molecule is O=C1NC(=O)C2(CCC2)C(=O)N1Cc1ccc(F)c(Cl)c1. The van der Waals surface area contributed by atoms with Crippen molar-refractivity contribution in [3.63, 3.8) is 0 Å². The molecule has 1 aliphatic carbocycles. The summed E-state index contributed by atoms with van der Waals surface area (Å²) in [5, 5.41) is 2.14. The van der Waals surface area contributed by atoms with Gasteiger partial charge in [0.2, 0.25) is 11.8 Å². The molecule has 1 aromatic rings. The van der Waals surface area contributed by atoms with Crippen LogP contribution in [0.5, 0.6) is 0 Å². The van der Waals surface area contributed by atoms with Crippen LogP contribution in [0.2, 0.25) is 5.02 Å². The Morgan fingerprint density at radius 1 is 1.29 bits per heavy atom. The minimum Gasteiger partial charge on any atom is -0.277 e. The van der Waals surface area contributed by atoms with Crippen molar-refractivity contribution in [2.24, 2.45) is 5.41 Å². The predicted octanol–water partition coefficient (Wildman–Crippen LogP) is 2.23. The van der Waals surface area contributed by atoms with Gasteiger partial charge in [-0.3, -0.25) is 19.8 Å². The van der Waals surface area contributed by atoms with Crippen LogP contribution in [0.25, 0.3) is 0 Å². The zero-order valence-corrected chi connectivity index (χ0v) is 11.7. The van der Waals surface area contributed by atoms with Crippen LogP contribution in [0.3, 0.4) is 0 Å². The topological polar surface area (TPSA) is 66.5 Å². The van der Waals surface area contributed by atoms with Gasteiger partial charge in [-0.25, -0.2) is 9.18 Å². The number of hydrogen-bond donors (Lipinski definition) is 1. The van der Waals surface area contributed by atoms with E-state index in [4.69, 9.17) is 11.6 Å². The van der Waals surface area contributed by atoms with E-state index < -0.39 is 29.1 Å². The van der Waals surface area contributed by atoms with Crippen LogP contribution in [-0.4, -0.2) is 22.7 Å². The molecule has 1 N–H and O–H groups in total. The van der Waals surface area contributed by atoms with Crippen LogP contribution in [-0.2, 0) is 16.1 Å². The summed E-state index contributed by atoms with van der Waals surface area (Å²) in [5.41, 5.74) is -0.578. The van der Waals surface area contributed by atoms with Gasteiger partial charge in [0.25, 0.3) is 0 Å². The monoisotopic (exact) mass is 310 g/mol. The molecule has 5 nitrogen and oxygen atoms in total. The number of hydrogen-bond acceptors (Lipinski definition) is 3. The number of imide groups is 2. The molecule has 0 radical (unpaired) electrons. The number of amides is 4. The first-order valence-corrected chi connectivity index (χ1v) is 6.93. The molecule has 0 bridgehead atoms. The van der Waals surface area contributed by atoms with Crippen molar-refractivity contribution in [2.45, 2.75) is 25.8 Å². The van der Waals surface area contributed by atoms with Crippen LogP contribution >= 0.6 is 11.6 Å². The molecule has 1 spiro atoms. The normalized spacial score (nSPS) is 20.5. The van der Waals surface area contributed by atoms with E-state index >= 15 is 0 Å². The number of halogens is 2. The van der Waals surface area contributed by atoms with Gasteiger partial charge < -0.3 is 0 Å². The smallest absolute Gasteiger partial charge is 0.277 e. The first-order valence-electron chi connectivity index (χ1n) is 6.55. The van der Waals surface area contributed by atoms with E-state index in [1.807, 2.05) is 0 Å². The highest BCUT2D eigenvalue weighted by molar-refractivity contribution is 6.30. The van der Waals surface area contributed by atoms with E-state index in [1.54, 1.807) is 0 Å². The summed E-state index contributed by atoms with van der Waals surface area (Å²) >= 11 is 5.69. The Balaban J connectivity index is 1.86. The van der Waals surface area contributed by atoms with Gasteiger partial charge >= 0.3 is 6.03 Å². The molecule has 1 heterocycles. The summed E-state index contributed by atoms with van der Waals surface area (Å²) in [7, 11) is 0. The lowest BCUT2D eigenvalue weighted by molar-refractivity contribution is -0.158. The van der Waals surface area contributed by atoms with Crippen molar-refractivity contribution in [3.05, 3.63) is 34.6 Å². The highest BCUT2D eigenvalue weighted by atomic mass is 35.5. The van der Waals surface area contributed by atoms with Gasteiger partial charge in [-0.2, -0.15) is 0 Å². The fourth-order valence-electron chi connectivity index (χ4n) is 2.67. The number of carbonyl (C=O) groups excluding carboxylic acids is 3. The number of nitrogens with one attached hydrogen (secondary N) is 1. The lowest BCUT2D eigenvalue weighted by atomic mass is 9.66. The van der Waals surface area contributed by atoms with Crippen molar-refractivity contribution >= 4 is 29.4 Å². The molecule has 2 fully saturated rings. The van der Waals surface area contributed by atoms with Crippen molar-refractivity contribution in [1.82, 2.24) is 10.2 Å². The second-order valence-electron chi connectivity index (χ2n) is 5.33. The molecule has 21 heavy (non-hydrogen) atoms. The molecule has 0 atom stereocenters. The maximum Gasteiger partial charge on any atom is 0.331 e. The molecular formula is C14H12ClFN2O3. The summed E-state index contributed by atoms with van der Waals surface area (Å²) in [6.45, 7) is -0.0420. The molecule has 0 aromatic heterocycles. The van der Waals surface area contributed by atoms with Crippen molar-refractivity contribution in [2.75, 3.05) is 0 Å². The second kappa shape index (κ2) is 4.80. The Bertz CT molecular complexity index is 658. The molecule has 1 aromatic carbocycles. The molecule has 4 amide bonds. The maximum atomic E-state index is 13.1. The molecule has 7 heteroatoms. The number of carbonyl (C=O) groups is 3. The Labute approximate surface area is 125 Å². The average Bonchev–Trinajstić information content (AvgIpc) is 2.37. The molecule has 1 saturated carbocycles. The summed E-state index contributed by atoms with van der Waals surface area (Å²) in [5.74, 6) is -1.57. The molecular weight excluding hydrogens is 299 g/mol. The predicted molar refractivity (Wildman–Crippen MR) is 71.8 cm³/mol. The van der Waals surface area contributed by atoms with E-state index in [0.717, 1.165) is 11.3 Å². The summed E-state index contributed by atoms with van der Waals surface area (Å²) < 4.78 is 13.1. The van der Waals surface area contributed by atoms with Crippen LogP contribution < -0.4 is 5.32 Å². The van der Waals surface area contributed by atoms with Crippen LogP contribution in [0.1, 0.15) is 24.8 Å². The molecule has 3 rings (SSSR count).